The number of ether oxygens (including phenoxy) is 1. The van der Waals surface area contributed by atoms with E-state index in [-0.39, 0.29) is 11.5 Å². The molecule has 33 heavy (non-hydrogen) atoms. The van der Waals surface area contributed by atoms with Crippen molar-refractivity contribution < 1.29 is 19.4 Å². The molecular weight excluding hydrogens is 444 g/mol. The van der Waals surface area contributed by atoms with Gasteiger partial charge >= 0.3 is 0 Å². The van der Waals surface area contributed by atoms with E-state index in [1.807, 2.05) is 55.5 Å². The number of benzene rings is 2. The van der Waals surface area contributed by atoms with Gasteiger partial charge in [0.25, 0.3) is 17.4 Å². The fourth-order valence-electron chi connectivity index (χ4n) is 3.46. The molecule has 0 aliphatic carbocycles. The monoisotopic (exact) mass is 464 g/mol. The number of aliphatic carboxylic acids is 1. The molecule has 0 spiro atoms. The van der Waals surface area contributed by atoms with Crippen molar-refractivity contribution in [2.75, 3.05) is 18.6 Å². The molecule has 1 aliphatic rings. The molecule has 10 heteroatoms. The summed E-state index contributed by atoms with van der Waals surface area (Å²) in [6.45, 7) is 3.60. The van der Waals surface area contributed by atoms with Gasteiger partial charge < -0.3 is 14.7 Å². The highest BCUT2D eigenvalue weighted by molar-refractivity contribution is 7.15. The lowest BCUT2D eigenvalue weighted by atomic mass is 10.1. The molecule has 2 aromatic heterocycles. The lowest BCUT2D eigenvalue weighted by molar-refractivity contribution is -0.134. The van der Waals surface area contributed by atoms with Crippen molar-refractivity contribution in [3.63, 3.8) is 0 Å². The minimum Gasteiger partial charge on any atom is -0.494 e. The van der Waals surface area contributed by atoms with Crippen LogP contribution in [-0.4, -0.2) is 45.2 Å². The second-order valence-electron chi connectivity index (χ2n) is 7.10. The van der Waals surface area contributed by atoms with Crippen molar-refractivity contribution in [3.05, 3.63) is 69.0 Å². The first kappa shape index (κ1) is 22.2. The third-order valence-electron chi connectivity index (χ3n) is 4.86. The molecule has 1 N–H and O–H groups in total. The number of likely N-dealkylation sites (N-methyl/N-ethyl adjacent to an activating group) is 1. The molecule has 0 bridgehead atoms. The molecule has 1 amide bonds. The zero-order valence-corrected chi connectivity index (χ0v) is 18.9. The van der Waals surface area contributed by atoms with E-state index in [1.165, 1.54) is 15.9 Å². The van der Waals surface area contributed by atoms with Gasteiger partial charge in [-0.15, -0.1) is 5.10 Å². The normalized spacial score (nSPS) is 14.2. The van der Waals surface area contributed by atoms with Gasteiger partial charge in [-0.25, -0.2) is 0 Å². The minimum atomic E-state index is -0.833. The highest BCUT2D eigenvalue weighted by atomic mass is 32.1. The maximum absolute atomic E-state index is 13.0. The predicted molar refractivity (Wildman–Crippen MR) is 125 cm³/mol. The van der Waals surface area contributed by atoms with Crippen LogP contribution in [-0.2, 0) is 9.59 Å². The second-order valence-corrected chi connectivity index (χ2v) is 8.08. The van der Waals surface area contributed by atoms with Gasteiger partial charge in [-0.2, -0.15) is 9.50 Å². The summed E-state index contributed by atoms with van der Waals surface area (Å²) in [4.78, 5) is 41.3. The number of carboxylic acid groups (broad SMARTS) is 1. The summed E-state index contributed by atoms with van der Waals surface area (Å²) in [5, 5.41) is 11.8. The zero-order chi connectivity index (χ0) is 23.7. The number of rotatable bonds is 3. The van der Waals surface area contributed by atoms with E-state index < -0.39 is 5.97 Å². The summed E-state index contributed by atoms with van der Waals surface area (Å²) in [6, 6.07) is 14.9. The van der Waals surface area contributed by atoms with E-state index in [9.17, 15) is 9.59 Å². The Morgan fingerprint density at radius 1 is 1.12 bits per heavy atom. The van der Waals surface area contributed by atoms with Crippen molar-refractivity contribution in [1.29, 1.82) is 0 Å². The summed E-state index contributed by atoms with van der Waals surface area (Å²) < 4.78 is 7.08. The molecule has 9 nitrogen and oxygen atoms in total. The van der Waals surface area contributed by atoms with Gasteiger partial charge in [-0.3, -0.25) is 14.4 Å². The second kappa shape index (κ2) is 8.83. The van der Waals surface area contributed by atoms with E-state index in [0.717, 1.165) is 29.5 Å². The number of thiazole rings is 1. The third-order valence-corrected chi connectivity index (χ3v) is 5.89. The smallest absolute Gasteiger partial charge is 0.300 e. The number of fused-ring (bicyclic) bond motifs is 2. The Labute approximate surface area is 192 Å². The van der Waals surface area contributed by atoms with Crippen LogP contribution in [0, 0.1) is 0 Å². The Balaban J connectivity index is 0.000000601. The fraction of sp³-hybridized carbons (Fsp3) is 0.174. The van der Waals surface area contributed by atoms with Crippen LogP contribution in [0.3, 0.4) is 0 Å². The molecule has 0 saturated heterocycles. The van der Waals surface area contributed by atoms with Gasteiger partial charge in [0.15, 0.2) is 5.82 Å². The third kappa shape index (κ3) is 4.08. The van der Waals surface area contributed by atoms with Gasteiger partial charge in [-0.1, -0.05) is 29.5 Å². The highest BCUT2D eigenvalue weighted by Crippen LogP contribution is 2.33. The van der Waals surface area contributed by atoms with Crippen LogP contribution in [0.2, 0.25) is 0 Å². The van der Waals surface area contributed by atoms with Gasteiger partial charge in [0.1, 0.15) is 10.3 Å². The van der Waals surface area contributed by atoms with Gasteiger partial charge in [-0.05, 0) is 37.3 Å². The maximum atomic E-state index is 13.0. The number of amides is 1. The van der Waals surface area contributed by atoms with Crippen molar-refractivity contribution in [2.24, 2.45) is 0 Å². The first-order valence-corrected chi connectivity index (χ1v) is 10.9. The summed E-state index contributed by atoms with van der Waals surface area (Å²) >= 11 is 1.18. The molecule has 4 aromatic rings. The van der Waals surface area contributed by atoms with Crippen molar-refractivity contribution in [3.8, 4) is 17.1 Å². The molecule has 3 heterocycles. The Kier molecular flexibility index (Phi) is 5.93. The van der Waals surface area contributed by atoms with Crippen LogP contribution in [0.4, 0.5) is 5.69 Å². The molecule has 168 valence electrons. The number of anilines is 1. The minimum absolute atomic E-state index is 0.195. The van der Waals surface area contributed by atoms with Crippen molar-refractivity contribution in [1.82, 2.24) is 14.6 Å². The van der Waals surface area contributed by atoms with Gasteiger partial charge in [0.2, 0.25) is 4.96 Å². The van der Waals surface area contributed by atoms with Crippen LogP contribution in [0.1, 0.15) is 19.4 Å². The highest BCUT2D eigenvalue weighted by Gasteiger charge is 2.31. The zero-order valence-electron chi connectivity index (χ0n) is 18.1. The summed E-state index contributed by atoms with van der Waals surface area (Å²) in [5.41, 5.74) is 2.42. The fourth-order valence-corrected chi connectivity index (χ4v) is 4.46. The Bertz CT molecular complexity index is 1470. The quantitative estimate of drug-likeness (QED) is 0.494. The van der Waals surface area contributed by atoms with E-state index in [2.05, 4.69) is 10.1 Å². The molecule has 0 atom stereocenters. The molecule has 1 aliphatic heterocycles. The number of carbonyl (C=O) groups is 2. The average Bonchev–Trinajstić information content (AvgIpc) is 3.41. The molecule has 0 radical (unpaired) electrons. The van der Waals surface area contributed by atoms with Gasteiger partial charge in [0.05, 0.1) is 17.9 Å². The molecule has 0 saturated carbocycles. The van der Waals surface area contributed by atoms with Gasteiger partial charge in [0, 0.05) is 25.1 Å². The van der Waals surface area contributed by atoms with E-state index in [0.29, 0.717) is 27.5 Å². The largest absolute Gasteiger partial charge is 0.494 e. The van der Waals surface area contributed by atoms with Crippen LogP contribution in [0.15, 0.2) is 53.3 Å². The molecule has 0 fully saturated rings. The number of carbonyl (C=O) groups excluding carboxylic acids is 1. The topological polar surface area (TPSA) is 114 Å². The molecule has 2 aromatic carbocycles. The summed E-state index contributed by atoms with van der Waals surface area (Å²) in [6.07, 6.45) is 0. The van der Waals surface area contributed by atoms with E-state index in [4.69, 9.17) is 14.6 Å². The number of para-hydroxylation sites is 1. The van der Waals surface area contributed by atoms with E-state index >= 15 is 0 Å². The summed E-state index contributed by atoms with van der Waals surface area (Å²) in [7, 11) is 1.71. The Morgan fingerprint density at radius 3 is 2.42 bits per heavy atom. The van der Waals surface area contributed by atoms with Crippen LogP contribution < -0.4 is 19.7 Å². The predicted octanol–water partition coefficient (Wildman–Crippen LogP) is 2.20. The molecule has 5 rings (SSSR count). The lowest BCUT2D eigenvalue weighted by Gasteiger charge is -2.07. The Morgan fingerprint density at radius 2 is 1.79 bits per heavy atom. The number of carboxylic acids is 1. The van der Waals surface area contributed by atoms with Crippen LogP contribution >= 0.6 is 11.3 Å². The van der Waals surface area contributed by atoms with Crippen LogP contribution in [0.25, 0.3) is 21.9 Å². The Hall–Kier alpha value is -4.05. The standard InChI is InChI=1S/C21H16N4O3S.C2H4O2/c1-3-28-13-10-8-12(9-11-13)18-22-21-25(23-18)20(27)17(29-21)16-14-6-4-5-7-15(14)24(2)19(16)26;1-2(3)4/h4-11H,3H2,1-2H3;1H3,(H,3,4)/b17-16-;. The number of hydrogen-bond donors (Lipinski definition) is 1. The molecular formula is C23H20N4O5S. The van der Waals surface area contributed by atoms with Crippen molar-refractivity contribution in [2.45, 2.75) is 13.8 Å². The number of nitrogens with zero attached hydrogens (tertiary/aromatic N) is 4. The maximum Gasteiger partial charge on any atom is 0.300 e. The SMILES string of the molecule is CC(=O)O.CCOc1ccc(-c2nc3s/c(=C4\C(=O)N(C)c5ccccc54)c(=O)n3n2)cc1. The van der Waals surface area contributed by atoms with E-state index in [1.54, 1.807) is 11.9 Å². The summed E-state index contributed by atoms with van der Waals surface area (Å²) in [5.74, 6) is 0.200. The number of aromatic nitrogens is 3. The first-order chi connectivity index (χ1) is 15.8. The average molecular weight is 465 g/mol. The number of hydrogen-bond acceptors (Lipinski definition) is 7. The van der Waals surface area contributed by atoms with Crippen LogP contribution in [0.5, 0.6) is 5.75 Å². The van der Waals surface area contributed by atoms with Crippen molar-refractivity contribution >= 4 is 39.4 Å². The molecule has 0 unspecified atom stereocenters. The first-order valence-electron chi connectivity index (χ1n) is 10.1. The lowest BCUT2D eigenvalue weighted by Crippen LogP contribution is -2.30.